The lowest BCUT2D eigenvalue weighted by atomic mass is 10.1. The van der Waals surface area contributed by atoms with Gasteiger partial charge in [0.2, 0.25) is 5.91 Å². The first-order chi connectivity index (χ1) is 8.90. The van der Waals surface area contributed by atoms with Crippen molar-refractivity contribution in [1.29, 1.82) is 0 Å². The molecule has 1 heterocycles. The van der Waals surface area contributed by atoms with Gasteiger partial charge in [0, 0.05) is 19.2 Å². The van der Waals surface area contributed by atoms with Gasteiger partial charge in [-0.05, 0) is 18.2 Å². The third-order valence-corrected chi connectivity index (χ3v) is 2.61. The highest BCUT2D eigenvalue weighted by Crippen LogP contribution is 2.29. The molecule has 0 aliphatic heterocycles. The van der Waals surface area contributed by atoms with Crippen LogP contribution in [-0.4, -0.2) is 27.5 Å². The Morgan fingerprint density at radius 2 is 1.89 bits per heavy atom. The number of carboxylic acid groups (broad SMARTS) is 1. The Hall–Kier alpha value is -2.63. The summed E-state index contributed by atoms with van der Waals surface area (Å²) in [5.41, 5.74) is 0.450. The maximum Gasteiger partial charge on any atom is 0.335 e. The summed E-state index contributed by atoms with van der Waals surface area (Å²) < 4.78 is 6.25. The van der Waals surface area contributed by atoms with E-state index in [1.54, 1.807) is 0 Å². The maximum atomic E-state index is 11.5. The third-order valence-electron chi connectivity index (χ3n) is 2.61. The summed E-state index contributed by atoms with van der Waals surface area (Å²) in [7, 11) is 0. The second-order valence-corrected chi connectivity index (χ2v) is 4.01. The summed E-state index contributed by atoms with van der Waals surface area (Å²) in [6.07, 6.45) is 1.38. The van der Waals surface area contributed by atoms with Gasteiger partial charge in [0.15, 0.2) is 5.75 Å². The molecule has 0 bridgehead atoms. The second-order valence-electron chi connectivity index (χ2n) is 4.01. The van der Waals surface area contributed by atoms with Crippen LogP contribution in [0.1, 0.15) is 29.0 Å². The van der Waals surface area contributed by atoms with Crippen LogP contribution >= 0.6 is 0 Å². The van der Waals surface area contributed by atoms with Crippen molar-refractivity contribution in [3.63, 3.8) is 0 Å². The Morgan fingerprint density at radius 1 is 1.21 bits per heavy atom. The Balaban J connectivity index is 2.71. The van der Waals surface area contributed by atoms with Crippen LogP contribution in [0.4, 0.5) is 0 Å². The molecule has 19 heavy (non-hydrogen) atoms. The number of aromatic nitrogens is 1. The number of hydrogen-bond donors (Lipinski definition) is 1. The van der Waals surface area contributed by atoms with Crippen LogP contribution in [-0.2, 0) is 4.79 Å². The van der Waals surface area contributed by atoms with Crippen molar-refractivity contribution in [3.8, 4) is 5.75 Å². The van der Waals surface area contributed by atoms with Crippen molar-refractivity contribution in [2.24, 2.45) is 0 Å². The molecule has 0 aliphatic rings. The molecule has 6 nitrogen and oxygen atoms in total. The number of carbonyl (C=O) groups excluding carboxylic acids is 2. The van der Waals surface area contributed by atoms with E-state index >= 15 is 0 Å². The highest BCUT2D eigenvalue weighted by atomic mass is 16.5. The van der Waals surface area contributed by atoms with Gasteiger partial charge in [-0.3, -0.25) is 14.2 Å². The lowest BCUT2D eigenvalue weighted by Crippen LogP contribution is -2.04. The van der Waals surface area contributed by atoms with E-state index in [0.717, 1.165) is 0 Å². The van der Waals surface area contributed by atoms with Gasteiger partial charge in [-0.25, -0.2) is 4.79 Å². The number of benzene rings is 1. The fraction of sp³-hybridized carbons (Fsp3) is 0.154. The normalized spacial score (nSPS) is 10.4. The third kappa shape index (κ3) is 2.33. The molecular weight excluding hydrogens is 250 g/mol. The predicted molar refractivity (Wildman–Crippen MR) is 66.5 cm³/mol. The standard InChI is InChI=1S/C13H11NO5/c1-7(15)14-6-12(19-8(2)16)10-4-3-9(13(17)18)5-11(10)14/h3-6H,1-2H3,(H,17,18). The summed E-state index contributed by atoms with van der Waals surface area (Å²) in [4.78, 5) is 33.4. The lowest BCUT2D eigenvalue weighted by molar-refractivity contribution is -0.131. The molecule has 2 aromatic rings. The summed E-state index contributed by atoms with van der Waals surface area (Å²) >= 11 is 0. The van der Waals surface area contributed by atoms with Crippen molar-refractivity contribution in [3.05, 3.63) is 30.0 Å². The molecule has 1 N–H and O–H groups in total. The van der Waals surface area contributed by atoms with E-state index in [0.29, 0.717) is 10.9 Å². The van der Waals surface area contributed by atoms with Crippen molar-refractivity contribution in [2.75, 3.05) is 0 Å². The van der Waals surface area contributed by atoms with Gasteiger partial charge in [0.1, 0.15) is 0 Å². The Labute approximate surface area is 108 Å². The number of nitrogens with zero attached hydrogens (tertiary/aromatic N) is 1. The van der Waals surface area contributed by atoms with Crippen molar-refractivity contribution in [1.82, 2.24) is 4.57 Å². The number of aromatic carboxylic acids is 1. The highest BCUT2D eigenvalue weighted by molar-refractivity contribution is 6.00. The first kappa shape index (κ1) is 12.8. The van der Waals surface area contributed by atoms with E-state index in [9.17, 15) is 14.4 Å². The zero-order valence-electron chi connectivity index (χ0n) is 10.3. The van der Waals surface area contributed by atoms with Crippen LogP contribution < -0.4 is 4.74 Å². The Morgan fingerprint density at radius 3 is 2.42 bits per heavy atom. The van der Waals surface area contributed by atoms with Gasteiger partial charge < -0.3 is 9.84 Å². The lowest BCUT2D eigenvalue weighted by Gasteiger charge is -2.00. The monoisotopic (exact) mass is 261 g/mol. The highest BCUT2D eigenvalue weighted by Gasteiger charge is 2.15. The number of fused-ring (bicyclic) bond motifs is 1. The van der Waals surface area contributed by atoms with Crippen LogP contribution in [0.3, 0.4) is 0 Å². The average molecular weight is 261 g/mol. The van der Waals surface area contributed by atoms with Gasteiger partial charge in [-0.15, -0.1) is 0 Å². The average Bonchev–Trinajstić information content (AvgIpc) is 2.66. The molecule has 98 valence electrons. The number of esters is 1. The predicted octanol–water partition coefficient (Wildman–Crippen LogP) is 1.92. The molecule has 1 aromatic heterocycles. The summed E-state index contributed by atoms with van der Waals surface area (Å²) in [6.45, 7) is 2.59. The molecule has 0 saturated carbocycles. The quantitative estimate of drug-likeness (QED) is 0.835. The largest absolute Gasteiger partial charge is 0.478 e. The number of carboxylic acids is 1. The minimum absolute atomic E-state index is 0.0578. The minimum Gasteiger partial charge on any atom is -0.478 e. The van der Waals surface area contributed by atoms with Crippen molar-refractivity contribution >= 4 is 28.7 Å². The van der Waals surface area contributed by atoms with Gasteiger partial charge >= 0.3 is 11.9 Å². The number of rotatable bonds is 2. The zero-order valence-corrected chi connectivity index (χ0v) is 10.3. The van der Waals surface area contributed by atoms with E-state index < -0.39 is 11.9 Å². The van der Waals surface area contributed by atoms with Crippen LogP contribution in [0.25, 0.3) is 10.9 Å². The fourth-order valence-electron chi connectivity index (χ4n) is 1.83. The van der Waals surface area contributed by atoms with Gasteiger partial charge in [0.25, 0.3) is 0 Å². The fourth-order valence-corrected chi connectivity index (χ4v) is 1.83. The molecule has 0 radical (unpaired) electrons. The van der Waals surface area contributed by atoms with Gasteiger partial charge in [-0.1, -0.05) is 0 Å². The Bertz CT molecular complexity index is 698. The van der Waals surface area contributed by atoms with Crippen LogP contribution in [0.5, 0.6) is 5.75 Å². The van der Waals surface area contributed by atoms with Crippen LogP contribution in [0.2, 0.25) is 0 Å². The topological polar surface area (TPSA) is 85.6 Å². The number of carbonyl (C=O) groups is 3. The van der Waals surface area contributed by atoms with E-state index in [1.807, 2.05) is 0 Å². The van der Waals surface area contributed by atoms with Crippen molar-refractivity contribution < 1.29 is 24.2 Å². The summed E-state index contributed by atoms with van der Waals surface area (Å²) in [5.74, 6) is -1.67. The molecule has 0 unspecified atom stereocenters. The molecule has 0 aliphatic carbocycles. The van der Waals surface area contributed by atoms with E-state index in [2.05, 4.69) is 0 Å². The molecule has 0 atom stereocenters. The molecule has 0 spiro atoms. The molecule has 0 saturated heterocycles. The molecule has 0 fully saturated rings. The van der Waals surface area contributed by atoms with E-state index in [-0.39, 0.29) is 17.2 Å². The zero-order chi connectivity index (χ0) is 14.2. The van der Waals surface area contributed by atoms with Crippen LogP contribution in [0, 0.1) is 0 Å². The summed E-state index contributed by atoms with van der Waals surface area (Å²) in [5, 5.41) is 9.46. The summed E-state index contributed by atoms with van der Waals surface area (Å²) in [6, 6.07) is 4.27. The Kier molecular flexibility index (Phi) is 3.08. The SMILES string of the molecule is CC(=O)Oc1cn(C(C)=O)c2cc(C(=O)O)ccc12. The first-order valence-corrected chi connectivity index (χ1v) is 5.48. The molecule has 1 aromatic carbocycles. The molecule has 6 heteroatoms. The van der Waals surface area contributed by atoms with E-state index in [4.69, 9.17) is 9.84 Å². The molecule has 0 amide bonds. The first-order valence-electron chi connectivity index (χ1n) is 5.48. The van der Waals surface area contributed by atoms with E-state index in [1.165, 1.54) is 42.8 Å². The van der Waals surface area contributed by atoms with Crippen LogP contribution in [0.15, 0.2) is 24.4 Å². The second kappa shape index (κ2) is 4.56. The maximum absolute atomic E-state index is 11.5. The molecule has 2 rings (SSSR count). The minimum atomic E-state index is -1.09. The van der Waals surface area contributed by atoms with Gasteiger partial charge in [0.05, 0.1) is 17.3 Å². The number of ether oxygens (including phenoxy) is 1. The number of hydrogen-bond acceptors (Lipinski definition) is 4. The van der Waals surface area contributed by atoms with Crippen molar-refractivity contribution in [2.45, 2.75) is 13.8 Å². The molecular formula is C13H11NO5. The van der Waals surface area contributed by atoms with Gasteiger partial charge in [-0.2, -0.15) is 0 Å². The smallest absolute Gasteiger partial charge is 0.335 e.